The second-order valence-corrected chi connectivity index (χ2v) is 6.03. The fourth-order valence-electron chi connectivity index (χ4n) is 3.03. The topological polar surface area (TPSA) is 73.9 Å². The highest BCUT2D eigenvalue weighted by atomic mass is 16.2. The first-order valence-corrected chi connectivity index (χ1v) is 8.19. The lowest BCUT2D eigenvalue weighted by atomic mass is 9.98. The number of pyridine rings is 1. The minimum atomic E-state index is 0.0102. The largest absolute Gasteiger partial charge is 0.338 e. The van der Waals surface area contributed by atoms with E-state index in [1.807, 2.05) is 36.5 Å². The molecule has 0 spiro atoms. The van der Waals surface area contributed by atoms with Gasteiger partial charge in [-0.25, -0.2) is 4.79 Å². The Balaban J connectivity index is 1.55. The number of likely N-dealkylation sites (tertiary alicyclic amines) is 1. The van der Waals surface area contributed by atoms with Crippen LogP contribution in [0, 0.1) is 6.92 Å². The third-order valence-electron chi connectivity index (χ3n) is 4.33. The van der Waals surface area contributed by atoms with E-state index in [4.69, 9.17) is 0 Å². The van der Waals surface area contributed by atoms with E-state index >= 15 is 0 Å². The molecule has 2 N–H and O–H groups in total. The number of nitrogens with zero attached hydrogens (tertiary/aromatic N) is 3. The average molecular weight is 313 g/mol. The molecule has 1 fully saturated rings. The number of aryl methyl sites for hydroxylation is 1. The van der Waals surface area contributed by atoms with Gasteiger partial charge in [0.15, 0.2) is 0 Å². The summed E-state index contributed by atoms with van der Waals surface area (Å²) < 4.78 is 0. The molecule has 23 heavy (non-hydrogen) atoms. The van der Waals surface area contributed by atoms with Gasteiger partial charge in [0.2, 0.25) is 0 Å². The zero-order valence-electron chi connectivity index (χ0n) is 13.5. The number of carbonyl (C=O) groups excluding carboxylic acids is 1. The summed E-state index contributed by atoms with van der Waals surface area (Å²) >= 11 is 0. The molecule has 0 saturated carbocycles. The molecule has 0 radical (unpaired) electrons. The van der Waals surface area contributed by atoms with Crippen LogP contribution in [0.2, 0.25) is 0 Å². The number of aromatic nitrogens is 3. The van der Waals surface area contributed by atoms with Crippen molar-refractivity contribution in [2.24, 2.45) is 0 Å². The van der Waals surface area contributed by atoms with Gasteiger partial charge in [0, 0.05) is 36.7 Å². The third-order valence-corrected chi connectivity index (χ3v) is 4.33. The van der Waals surface area contributed by atoms with Gasteiger partial charge in [-0.3, -0.25) is 10.1 Å². The van der Waals surface area contributed by atoms with E-state index in [0.29, 0.717) is 6.54 Å². The molecule has 0 unspecified atom stereocenters. The summed E-state index contributed by atoms with van der Waals surface area (Å²) in [6, 6.07) is 4.19. The van der Waals surface area contributed by atoms with Crippen molar-refractivity contribution in [3.05, 3.63) is 47.5 Å². The zero-order valence-corrected chi connectivity index (χ0v) is 13.5. The summed E-state index contributed by atoms with van der Waals surface area (Å²) in [4.78, 5) is 18.7. The molecule has 2 amide bonds. The Kier molecular flexibility index (Phi) is 4.90. The highest BCUT2D eigenvalue weighted by Crippen LogP contribution is 2.30. The normalized spacial score (nSPS) is 18.0. The van der Waals surface area contributed by atoms with E-state index in [9.17, 15) is 4.79 Å². The number of amides is 2. The Morgan fingerprint density at radius 3 is 3.04 bits per heavy atom. The first-order valence-electron chi connectivity index (χ1n) is 8.19. The number of urea groups is 1. The molecule has 6 heteroatoms. The number of carbonyl (C=O) groups is 1. The SMILES string of the molecule is Cc1ccc(CCNC(=O)N2CCCC[C@H]2c2cn[nH]c2)cn1. The van der Waals surface area contributed by atoms with Crippen LogP contribution in [-0.4, -0.2) is 39.2 Å². The standard InChI is InChI=1S/C17H23N5O/c1-13-5-6-14(10-19-13)7-8-18-17(23)22-9-3-2-4-16(22)15-11-20-21-12-15/h5-6,10-12,16H,2-4,7-9H2,1H3,(H,18,23)(H,20,21)/t16-/m0/s1. The van der Waals surface area contributed by atoms with E-state index in [-0.39, 0.29) is 12.1 Å². The van der Waals surface area contributed by atoms with E-state index < -0.39 is 0 Å². The summed E-state index contributed by atoms with van der Waals surface area (Å²) in [6.45, 7) is 3.39. The number of hydrogen-bond donors (Lipinski definition) is 2. The summed E-state index contributed by atoms with van der Waals surface area (Å²) in [5.74, 6) is 0. The van der Waals surface area contributed by atoms with Crippen molar-refractivity contribution >= 4 is 6.03 Å². The maximum absolute atomic E-state index is 12.5. The molecule has 0 aromatic carbocycles. The average Bonchev–Trinajstić information content (AvgIpc) is 3.11. The molecule has 2 aromatic heterocycles. The number of piperidine rings is 1. The maximum Gasteiger partial charge on any atom is 0.317 e. The molecule has 3 heterocycles. The van der Waals surface area contributed by atoms with Crippen molar-refractivity contribution in [1.29, 1.82) is 0 Å². The lowest BCUT2D eigenvalue weighted by molar-refractivity contribution is 0.151. The Morgan fingerprint density at radius 2 is 2.30 bits per heavy atom. The first-order chi connectivity index (χ1) is 11.2. The van der Waals surface area contributed by atoms with Crippen LogP contribution in [0.1, 0.15) is 42.1 Å². The highest BCUT2D eigenvalue weighted by molar-refractivity contribution is 5.74. The number of nitrogens with one attached hydrogen (secondary N) is 2. The van der Waals surface area contributed by atoms with Crippen molar-refractivity contribution in [2.45, 2.75) is 38.6 Å². The van der Waals surface area contributed by atoms with Crippen LogP contribution in [0.5, 0.6) is 0 Å². The van der Waals surface area contributed by atoms with Crippen LogP contribution in [0.3, 0.4) is 0 Å². The molecule has 1 aliphatic rings. The molecule has 6 nitrogen and oxygen atoms in total. The van der Waals surface area contributed by atoms with Crippen molar-refractivity contribution in [3.63, 3.8) is 0 Å². The highest BCUT2D eigenvalue weighted by Gasteiger charge is 2.28. The smallest absolute Gasteiger partial charge is 0.317 e. The van der Waals surface area contributed by atoms with Crippen LogP contribution in [0.15, 0.2) is 30.7 Å². The van der Waals surface area contributed by atoms with Crippen molar-refractivity contribution < 1.29 is 4.79 Å². The van der Waals surface area contributed by atoms with E-state index in [1.165, 1.54) is 0 Å². The molecule has 0 bridgehead atoms. The quantitative estimate of drug-likeness (QED) is 0.911. The predicted molar refractivity (Wildman–Crippen MR) is 88.0 cm³/mol. The van der Waals surface area contributed by atoms with Crippen molar-refractivity contribution in [3.8, 4) is 0 Å². The minimum Gasteiger partial charge on any atom is -0.338 e. The van der Waals surface area contributed by atoms with Crippen LogP contribution in [0.25, 0.3) is 0 Å². The van der Waals surface area contributed by atoms with E-state index in [0.717, 1.165) is 49.0 Å². The lowest BCUT2D eigenvalue weighted by Crippen LogP contribution is -2.45. The second kappa shape index (κ2) is 7.26. The summed E-state index contributed by atoms with van der Waals surface area (Å²) in [5.41, 5.74) is 3.23. The predicted octanol–water partition coefficient (Wildman–Crippen LogP) is 2.59. The van der Waals surface area contributed by atoms with E-state index in [1.54, 1.807) is 0 Å². The number of hydrogen-bond acceptors (Lipinski definition) is 3. The van der Waals surface area contributed by atoms with Crippen molar-refractivity contribution in [2.75, 3.05) is 13.1 Å². The van der Waals surface area contributed by atoms with Crippen LogP contribution < -0.4 is 5.32 Å². The van der Waals surface area contributed by atoms with Crippen LogP contribution in [-0.2, 0) is 6.42 Å². The van der Waals surface area contributed by atoms with Gasteiger partial charge in [-0.2, -0.15) is 5.10 Å². The molecule has 2 aromatic rings. The number of rotatable bonds is 4. The summed E-state index contributed by atoms with van der Waals surface area (Å²) in [7, 11) is 0. The Morgan fingerprint density at radius 1 is 1.39 bits per heavy atom. The first kappa shape index (κ1) is 15.5. The Hall–Kier alpha value is -2.37. The zero-order chi connectivity index (χ0) is 16.1. The van der Waals surface area contributed by atoms with Crippen LogP contribution in [0.4, 0.5) is 4.79 Å². The molecule has 1 saturated heterocycles. The molecule has 122 valence electrons. The fourth-order valence-corrected chi connectivity index (χ4v) is 3.03. The van der Waals surface area contributed by atoms with E-state index in [2.05, 4.69) is 26.6 Å². The van der Waals surface area contributed by atoms with Crippen molar-refractivity contribution in [1.82, 2.24) is 25.4 Å². The second-order valence-electron chi connectivity index (χ2n) is 6.03. The number of H-pyrrole nitrogens is 1. The third kappa shape index (κ3) is 3.88. The molecule has 0 aliphatic carbocycles. The van der Waals surface area contributed by atoms with Gasteiger partial charge in [-0.1, -0.05) is 6.07 Å². The molecular weight excluding hydrogens is 290 g/mol. The fraction of sp³-hybridized carbons (Fsp3) is 0.471. The molecular formula is C17H23N5O. The Labute approximate surface area is 136 Å². The maximum atomic E-state index is 12.5. The van der Waals surface area contributed by atoms with Gasteiger partial charge in [0.05, 0.1) is 12.2 Å². The monoisotopic (exact) mass is 313 g/mol. The van der Waals surface area contributed by atoms with Crippen LogP contribution >= 0.6 is 0 Å². The summed E-state index contributed by atoms with van der Waals surface area (Å²) in [5, 5.41) is 9.89. The number of aromatic amines is 1. The Bertz CT molecular complexity index is 623. The minimum absolute atomic E-state index is 0.0102. The molecule has 1 atom stereocenters. The van der Waals surface area contributed by atoms with Gasteiger partial charge in [-0.15, -0.1) is 0 Å². The summed E-state index contributed by atoms with van der Waals surface area (Å²) in [6.07, 6.45) is 9.57. The van der Waals surface area contributed by atoms with Gasteiger partial charge >= 0.3 is 6.03 Å². The van der Waals surface area contributed by atoms with Gasteiger partial charge < -0.3 is 10.2 Å². The molecule has 3 rings (SSSR count). The molecule has 1 aliphatic heterocycles. The van der Waals surface area contributed by atoms with Gasteiger partial charge in [-0.05, 0) is 44.2 Å². The van der Waals surface area contributed by atoms with Gasteiger partial charge in [0.1, 0.15) is 0 Å². The van der Waals surface area contributed by atoms with Gasteiger partial charge in [0.25, 0.3) is 0 Å². The lowest BCUT2D eigenvalue weighted by Gasteiger charge is -2.35.